The van der Waals surface area contributed by atoms with Gasteiger partial charge >= 0.3 is 0 Å². The van der Waals surface area contributed by atoms with Crippen molar-refractivity contribution in [2.45, 2.75) is 97.8 Å². The number of primary amides is 1. The summed E-state index contributed by atoms with van der Waals surface area (Å²) in [6.45, 7) is 10.7. The maximum absolute atomic E-state index is 13.5. The van der Waals surface area contributed by atoms with Crippen LogP contribution in [0.1, 0.15) is 79.6 Å². The fourth-order valence-corrected chi connectivity index (χ4v) is 5.58. The van der Waals surface area contributed by atoms with E-state index in [-0.39, 0.29) is 28.9 Å². The van der Waals surface area contributed by atoms with Crippen molar-refractivity contribution in [3.05, 3.63) is 0 Å². The third-order valence-electron chi connectivity index (χ3n) is 8.44. The van der Waals surface area contributed by atoms with E-state index >= 15 is 0 Å². The van der Waals surface area contributed by atoms with Gasteiger partial charge in [-0.15, -0.1) is 0 Å². The SMILES string of the molecule is CC(C)(C)[C@H](N)C(=O)N1CC2(C[C@H]1C(=O)CC(CC1CCC1)C(O)C(N)=O)CC2(C)C. The lowest BCUT2D eigenvalue weighted by atomic mass is 9.75. The molecule has 7 heteroatoms. The van der Waals surface area contributed by atoms with E-state index in [0.717, 1.165) is 25.7 Å². The van der Waals surface area contributed by atoms with Gasteiger partial charge in [-0.3, -0.25) is 14.4 Å². The van der Waals surface area contributed by atoms with Gasteiger partial charge in [0.15, 0.2) is 5.78 Å². The van der Waals surface area contributed by atoms with Crippen molar-refractivity contribution >= 4 is 17.6 Å². The van der Waals surface area contributed by atoms with Gasteiger partial charge in [0.05, 0.1) is 12.1 Å². The third kappa shape index (κ3) is 4.68. The van der Waals surface area contributed by atoms with Gasteiger partial charge in [-0.2, -0.15) is 0 Å². The molecular weight excluding hydrogens is 394 g/mol. The van der Waals surface area contributed by atoms with E-state index in [1.165, 1.54) is 0 Å². The fourth-order valence-electron chi connectivity index (χ4n) is 5.58. The highest BCUT2D eigenvalue weighted by atomic mass is 16.3. The second-order valence-corrected chi connectivity index (χ2v) is 12.2. The molecule has 7 nitrogen and oxygen atoms in total. The summed E-state index contributed by atoms with van der Waals surface area (Å²) in [4.78, 5) is 40.2. The third-order valence-corrected chi connectivity index (χ3v) is 8.44. The Bertz CT molecular complexity index is 740. The minimum Gasteiger partial charge on any atom is -0.383 e. The monoisotopic (exact) mass is 435 g/mol. The number of ketones is 1. The topological polar surface area (TPSA) is 127 Å². The number of nitrogens with zero attached hydrogens (tertiary/aromatic N) is 1. The number of amides is 2. The Hall–Kier alpha value is -1.47. The Labute approximate surface area is 186 Å². The van der Waals surface area contributed by atoms with Crippen LogP contribution in [0.5, 0.6) is 0 Å². The molecule has 0 aromatic carbocycles. The molecule has 3 aliphatic rings. The molecule has 0 aromatic rings. The standard InChI is InChI=1S/C24H41N3O4/c1-22(2,3)19(25)21(31)27-13-24(12-23(24,4)5)11-16(27)17(28)10-15(18(29)20(26)30)9-14-7-6-8-14/h14-16,18-19,29H,6-13,25H2,1-5H3,(H2,26,30)/t15?,16-,18?,19+,24?/m0/s1. The zero-order chi connectivity index (χ0) is 23.4. The number of hydrogen-bond donors (Lipinski definition) is 3. The fraction of sp³-hybridized carbons (Fsp3) is 0.875. The molecule has 1 spiro atoms. The lowest BCUT2D eigenvalue weighted by Crippen LogP contribution is -2.53. The quantitative estimate of drug-likeness (QED) is 0.537. The van der Waals surface area contributed by atoms with E-state index in [1.54, 1.807) is 4.90 Å². The van der Waals surface area contributed by atoms with Crippen LogP contribution in [0.25, 0.3) is 0 Å². The first-order chi connectivity index (χ1) is 14.2. The highest BCUT2D eigenvalue weighted by molar-refractivity contribution is 5.92. The van der Waals surface area contributed by atoms with Gasteiger partial charge in [-0.05, 0) is 41.4 Å². The van der Waals surface area contributed by atoms with E-state index in [2.05, 4.69) is 13.8 Å². The van der Waals surface area contributed by atoms with Gasteiger partial charge in [-0.25, -0.2) is 0 Å². The predicted octanol–water partition coefficient (Wildman–Crippen LogP) is 1.99. The van der Waals surface area contributed by atoms with Crippen molar-refractivity contribution in [2.24, 2.45) is 39.5 Å². The molecule has 2 amide bonds. The largest absolute Gasteiger partial charge is 0.383 e. The molecule has 1 aliphatic heterocycles. The molecular formula is C24H41N3O4. The normalized spacial score (nSPS) is 30.5. The number of carbonyl (C=O) groups is 3. The van der Waals surface area contributed by atoms with Gasteiger partial charge in [0, 0.05) is 18.9 Å². The number of aliphatic hydroxyl groups excluding tert-OH is 1. The van der Waals surface area contributed by atoms with Crippen molar-refractivity contribution in [2.75, 3.05) is 6.54 Å². The molecule has 0 bridgehead atoms. The molecule has 0 radical (unpaired) electrons. The average molecular weight is 436 g/mol. The minimum atomic E-state index is -1.33. The van der Waals surface area contributed by atoms with Crippen LogP contribution in [0.3, 0.4) is 0 Å². The molecule has 0 aromatic heterocycles. The van der Waals surface area contributed by atoms with E-state index in [9.17, 15) is 19.5 Å². The van der Waals surface area contributed by atoms with Gasteiger partial charge < -0.3 is 21.5 Å². The van der Waals surface area contributed by atoms with Crippen molar-refractivity contribution in [1.29, 1.82) is 0 Å². The Morgan fingerprint density at radius 1 is 1.19 bits per heavy atom. The van der Waals surface area contributed by atoms with E-state index in [0.29, 0.717) is 25.3 Å². The maximum atomic E-state index is 13.5. The van der Waals surface area contributed by atoms with Crippen molar-refractivity contribution in [3.8, 4) is 0 Å². The van der Waals surface area contributed by atoms with Crippen LogP contribution < -0.4 is 11.5 Å². The second kappa shape index (κ2) is 8.14. The van der Waals surface area contributed by atoms with Gasteiger partial charge in [0.2, 0.25) is 11.8 Å². The molecule has 31 heavy (non-hydrogen) atoms. The summed E-state index contributed by atoms with van der Waals surface area (Å²) < 4.78 is 0. The van der Waals surface area contributed by atoms with Crippen LogP contribution in [0.15, 0.2) is 0 Å². The van der Waals surface area contributed by atoms with Crippen LogP contribution in [-0.4, -0.2) is 52.3 Å². The first kappa shape index (κ1) is 24.2. The van der Waals surface area contributed by atoms with Gasteiger partial charge in [0.1, 0.15) is 6.10 Å². The lowest BCUT2D eigenvalue weighted by Gasteiger charge is -2.34. The number of hydrogen-bond acceptors (Lipinski definition) is 5. The maximum Gasteiger partial charge on any atom is 0.246 e. The molecule has 5 N–H and O–H groups in total. The molecule has 2 saturated carbocycles. The first-order valence-electron chi connectivity index (χ1n) is 11.7. The van der Waals surface area contributed by atoms with Crippen molar-refractivity contribution < 1.29 is 19.5 Å². The van der Waals surface area contributed by atoms with Crippen LogP contribution in [0.2, 0.25) is 0 Å². The number of aliphatic hydroxyl groups is 1. The number of Topliss-reactive ketones (excluding diaryl/α,β-unsaturated/α-hetero) is 1. The highest BCUT2D eigenvalue weighted by Gasteiger charge is 2.67. The molecule has 1 heterocycles. The summed E-state index contributed by atoms with van der Waals surface area (Å²) >= 11 is 0. The van der Waals surface area contributed by atoms with Crippen LogP contribution >= 0.6 is 0 Å². The summed E-state index contributed by atoms with van der Waals surface area (Å²) in [5.41, 5.74) is 11.3. The second-order valence-electron chi connectivity index (χ2n) is 12.2. The number of carbonyl (C=O) groups excluding carboxylic acids is 3. The summed E-state index contributed by atoms with van der Waals surface area (Å²) in [6, 6.07) is -1.24. The Balaban J connectivity index is 1.79. The number of likely N-dealkylation sites (tertiary alicyclic amines) is 1. The molecule has 1 saturated heterocycles. The van der Waals surface area contributed by atoms with Crippen molar-refractivity contribution in [1.82, 2.24) is 4.90 Å². The zero-order valence-corrected chi connectivity index (χ0v) is 19.8. The molecule has 2 aliphatic carbocycles. The number of rotatable bonds is 8. The van der Waals surface area contributed by atoms with Gasteiger partial charge in [-0.1, -0.05) is 53.9 Å². The highest BCUT2D eigenvalue weighted by Crippen LogP contribution is 2.69. The Kier molecular flexibility index (Phi) is 6.35. The Morgan fingerprint density at radius 2 is 1.77 bits per heavy atom. The predicted molar refractivity (Wildman–Crippen MR) is 119 cm³/mol. The van der Waals surface area contributed by atoms with E-state index in [4.69, 9.17) is 11.5 Å². The summed E-state index contributed by atoms with van der Waals surface area (Å²) in [7, 11) is 0. The first-order valence-corrected chi connectivity index (χ1v) is 11.7. The minimum absolute atomic E-state index is 0.0492. The van der Waals surface area contributed by atoms with Crippen LogP contribution in [-0.2, 0) is 14.4 Å². The van der Waals surface area contributed by atoms with Crippen LogP contribution in [0.4, 0.5) is 0 Å². The number of nitrogens with two attached hydrogens (primary N) is 2. The van der Waals surface area contributed by atoms with Gasteiger partial charge in [0.25, 0.3) is 0 Å². The molecule has 3 unspecified atom stereocenters. The Morgan fingerprint density at radius 3 is 2.19 bits per heavy atom. The summed E-state index contributed by atoms with van der Waals surface area (Å²) in [6.07, 6.45) is 4.22. The summed E-state index contributed by atoms with van der Waals surface area (Å²) in [5, 5.41) is 10.4. The van der Waals surface area contributed by atoms with Crippen molar-refractivity contribution in [3.63, 3.8) is 0 Å². The molecule has 176 valence electrons. The molecule has 5 atom stereocenters. The summed E-state index contributed by atoms with van der Waals surface area (Å²) in [5.74, 6) is -1.12. The molecule has 3 fully saturated rings. The van der Waals surface area contributed by atoms with Crippen LogP contribution in [0, 0.1) is 28.1 Å². The van der Waals surface area contributed by atoms with E-state index < -0.39 is 35.4 Å². The molecule has 3 rings (SSSR count). The van der Waals surface area contributed by atoms with E-state index in [1.807, 2.05) is 20.8 Å². The zero-order valence-electron chi connectivity index (χ0n) is 19.8. The smallest absolute Gasteiger partial charge is 0.246 e. The lowest BCUT2D eigenvalue weighted by molar-refractivity contribution is -0.142. The average Bonchev–Trinajstić information content (AvgIpc) is 2.96.